The minimum atomic E-state index is -0.531. The van der Waals surface area contributed by atoms with Gasteiger partial charge in [0.1, 0.15) is 22.9 Å². The first kappa shape index (κ1) is 21.7. The molecular formula is C24H27N3O5. The number of amides is 1. The Labute approximate surface area is 187 Å². The van der Waals surface area contributed by atoms with Crippen LogP contribution in [-0.2, 0) is 9.47 Å². The second kappa shape index (κ2) is 8.53. The highest BCUT2D eigenvalue weighted by Crippen LogP contribution is 2.39. The average Bonchev–Trinajstić information content (AvgIpc) is 2.93. The van der Waals surface area contributed by atoms with Gasteiger partial charge < -0.3 is 24.0 Å². The maximum atomic E-state index is 12.4. The van der Waals surface area contributed by atoms with E-state index in [9.17, 15) is 9.59 Å². The predicted octanol–water partition coefficient (Wildman–Crippen LogP) is 4.21. The Morgan fingerprint density at radius 2 is 1.72 bits per heavy atom. The molecule has 1 fully saturated rings. The van der Waals surface area contributed by atoms with Crippen LogP contribution in [0.4, 0.5) is 10.5 Å². The second-order valence-electron chi connectivity index (χ2n) is 8.66. The van der Waals surface area contributed by atoms with Gasteiger partial charge in [0.25, 0.3) is 0 Å². The molecule has 1 saturated heterocycles. The molecule has 4 rings (SSSR count). The minimum absolute atomic E-state index is 0.309. The molecule has 0 unspecified atom stereocenters. The smallest absolute Gasteiger partial charge is 0.410 e. The summed E-state index contributed by atoms with van der Waals surface area (Å²) in [5, 5.41) is 0. The maximum Gasteiger partial charge on any atom is 0.410 e. The lowest BCUT2D eigenvalue weighted by atomic mass is 10.1. The molecule has 0 radical (unpaired) electrons. The molecule has 2 aromatic carbocycles. The zero-order valence-corrected chi connectivity index (χ0v) is 18.8. The van der Waals surface area contributed by atoms with Crippen LogP contribution in [0.3, 0.4) is 0 Å². The standard InChI is InChI=1S/C24H27N3O5/c1-24(2,3)32-23(29)27-13-11-26(12-14-27)21-17-7-5-6-8-19(17)31-20-10-9-16(22(28)30-4)15-18(20)25-21/h5-10,15H,11-14H2,1-4H3. The van der Waals surface area contributed by atoms with Gasteiger partial charge in [0.05, 0.1) is 18.2 Å². The fourth-order valence-electron chi connectivity index (χ4n) is 3.64. The summed E-state index contributed by atoms with van der Waals surface area (Å²) >= 11 is 0. The van der Waals surface area contributed by atoms with Crippen LogP contribution in [0.25, 0.3) is 0 Å². The van der Waals surface area contributed by atoms with Crippen LogP contribution in [0.15, 0.2) is 47.5 Å². The molecule has 0 atom stereocenters. The third-order valence-corrected chi connectivity index (χ3v) is 5.19. The van der Waals surface area contributed by atoms with Crippen molar-refractivity contribution in [3.63, 3.8) is 0 Å². The third-order valence-electron chi connectivity index (χ3n) is 5.19. The highest BCUT2D eigenvalue weighted by atomic mass is 16.6. The number of methoxy groups -OCH3 is 1. The number of para-hydroxylation sites is 1. The minimum Gasteiger partial charge on any atom is -0.465 e. The lowest BCUT2D eigenvalue weighted by Crippen LogP contribution is -2.51. The average molecular weight is 437 g/mol. The van der Waals surface area contributed by atoms with Gasteiger partial charge in [0.2, 0.25) is 0 Å². The van der Waals surface area contributed by atoms with E-state index in [4.69, 9.17) is 19.2 Å². The number of aliphatic imine (C=N–C) groups is 1. The summed E-state index contributed by atoms with van der Waals surface area (Å²) in [6, 6.07) is 12.8. The van der Waals surface area contributed by atoms with Crippen molar-refractivity contribution in [1.82, 2.24) is 9.80 Å². The number of ether oxygens (including phenoxy) is 3. The molecule has 0 spiro atoms. The van der Waals surface area contributed by atoms with Gasteiger partial charge in [0, 0.05) is 26.2 Å². The van der Waals surface area contributed by atoms with E-state index < -0.39 is 11.6 Å². The summed E-state index contributed by atoms with van der Waals surface area (Å²) in [5.74, 6) is 1.56. The number of benzene rings is 2. The van der Waals surface area contributed by atoms with Gasteiger partial charge in [0.15, 0.2) is 5.75 Å². The summed E-state index contributed by atoms with van der Waals surface area (Å²) in [5.41, 5.74) is 1.28. The van der Waals surface area contributed by atoms with Gasteiger partial charge in [-0.25, -0.2) is 14.6 Å². The number of esters is 1. The number of carbonyl (C=O) groups is 2. The van der Waals surface area contributed by atoms with Crippen LogP contribution in [-0.4, -0.2) is 66.6 Å². The Morgan fingerprint density at radius 3 is 2.41 bits per heavy atom. The highest BCUT2D eigenvalue weighted by molar-refractivity contribution is 6.04. The van der Waals surface area contributed by atoms with E-state index in [0.29, 0.717) is 48.9 Å². The van der Waals surface area contributed by atoms with Crippen molar-refractivity contribution in [1.29, 1.82) is 0 Å². The summed E-state index contributed by atoms with van der Waals surface area (Å²) in [6.45, 7) is 7.81. The largest absolute Gasteiger partial charge is 0.465 e. The maximum absolute atomic E-state index is 12.4. The van der Waals surface area contributed by atoms with Crippen LogP contribution < -0.4 is 4.74 Å². The van der Waals surface area contributed by atoms with Crippen molar-refractivity contribution in [2.45, 2.75) is 26.4 Å². The van der Waals surface area contributed by atoms with Gasteiger partial charge in [-0.2, -0.15) is 0 Å². The number of hydrogen-bond acceptors (Lipinski definition) is 7. The Hall–Kier alpha value is -3.55. The van der Waals surface area contributed by atoms with Crippen molar-refractivity contribution in [3.05, 3.63) is 53.6 Å². The van der Waals surface area contributed by atoms with E-state index in [-0.39, 0.29) is 6.09 Å². The first-order valence-corrected chi connectivity index (χ1v) is 10.6. The summed E-state index contributed by atoms with van der Waals surface area (Å²) < 4.78 is 16.5. The molecule has 8 nitrogen and oxygen atoms in total. The zero-order valence-electron chi connectivity index (χ0n) is 18.8. The summed E-state index contributed by atoms with van der Waals surface area (Å²) in [6.07, 6.45) is -0.309. The molecule has 0 N–H and O–H groups in total. The van der Waals surface area contributed by atoms with E-state index in [2.05, 4.69) is 4.90 Å². The highest BCUT2D eigenvalue weighted by Gasteiger charge is 2.29. The van der Waals surface area contributed by atoms with Gasteiger partial charge in [-0.1, -0.05) is 12.1 Å². The molecule has 2 heterocycles. The number of piperazine rings is 1. The lowest BCUT2D eigenvalue weighted by molar-refractivity contribution is 0.0187. The van der Waals surface area contributed by atoms with E-state index in [1.54, 1.807) is 23.1 Å². The Kier molecular flexibility index (Phi) is 5.78. The van der Waals surface area contributed by atoms with Crippen molar-refractivity contribution in [2.24, 2.45) is 4.99 Å². The van der Waals surface area contributed by atoms with Gasteiger partial charge in [-0.3, -0.25) is 0 Å². The Balaban J connectivity index is 1.63. The van der Waals surface area contributed by atoms with Crippen LogP contribution in [0, 0.1) is 0 Å². The fraction of sp³-hybridized carbons (Fsp3) is 0.375. The van der Waals surface area contributed by atoms with Crippen molar-refractivity contribution < 1.29 is 23.8 Å². The van der Waals surface area contributed by atoms with Crippen LogP contribution >= 0.6 is 0 Å². The van der Waals surface area contributed by atoms with Crippen LogP contribution in [0.5, 0.6) is 11.5 Å². The number of fused-ring (bicyclic) bond motifs is 2. The number of nitrogens with zero attached hydrogens (tertiary/aromatic N) is 3. The number of carbonyl (C=O) groups excluding carboxylic acids is 2. The van der Waals surface area contributed by atoms with E-state index in [0.717, 1.165) is 11.4 Å². The lowest BCUT2D eigenvalue weighted by Gasteiger charge is -2.37. The number of hydrogen-bond donors (Lipinski definition) is 0. The molecule has 0 saturated carbocycles. The molecule has 0 bridgehead atoms. The number of rotatable bonds is 1. The second-order valence-corrected chi connectivity index (χ2v) is 8.66. The SMILES string of the molecule is COC(=O)c1ccc2c(c1)N=C(N1CCN(C(=O)OC(C)(C)C)CC1)c1ccccc1O2. The van der Waals surface area contributed by atoms with Gasteiger partial charge in [-0.05, 0) is 51.1 Å². The first-order valence-electron chi connectivity index (χ1n) is 10.6. The first-order chi connectivity index (χ1) is 15.2. The molecule has 168 valence electrons. The monoisotopic (exact) mass is 437 g/mol. The fourth-order valence-corrected chi connectivity index (χ4v) is 3.64. The van der Waals surface area contributed by atoms with Gasteiger partial charge in [-0.15, -0.1) is 0 Å². The van der Waals surface area contributed by atoms with Crippen LogP contribution in [0.1, 0.15) is 36.7 Å². The normalized spacial score (nSPS) is 15.6. The molecule has 2 aliphatic rings. The quantitative estimate of drug-likeness (QED) is 0.622. The Bertz CT molecular complexity index is 1070. The zero-order chi connectivity index (χ0) is 22.9. The molecule has 2 aromatic rings. The van der Waals surface area contributed by atoms with E-state index in [1.807, 2.05) is 45.0 Å². The third kappa shape index (κ3) is 4.54. The van der Waals surface area contributed by atoms with Gasteiger partial charge >= 0.3 is 12.1 Å². The summed E-state index contributed by atoms with van der Waals surface area (Å²) in [4.78, 5) is 33.2. The van der Waals surface area contributed by atoms with E-state index >= 15 is 0 Å². The molecule has 8 heteroatoms. The summed E-state index contributed by atoms with van der Waals surface area (Å²) in [7, 11) is 1.35. The molecule has 2 aliphatic heterocycles. The van der Waals surface area contributed by atoms with Crippen molar-refractivity contribution in [2.75, 3.05) is 33.3 Å². The van der Waals surface area contributed by atoms with Crippen molar-refractivity contribution >= 4 is 23.6 Å². The van der Waals surface area contributed by atoms with Crippen molar-refractivity contribution in [3.8, 4) is 11.5 Å². The Morgan fingerprint density at radius 1 is 1.00 bits per heavy atom. The molecular weight excluding hydrogens is 410 g/mol. The topological polar surface area (TPSA) is 80.7 Å². The molecule has 32 heavy (non-hydrogen) atoms. The number of amidine groups is 1. The molecule has 0 aliphatic carbocycles. The predicted molar refractivity (Wildman–Crippen MR) is 120 cm³/mol. The molecule has 1 amide bonds. The van der Waals surface area contributed by atoms with E-state index in [1.165, 1.54) is 7.11 Å². The molecule has 0 aromatic heterocycles. The van der Waals surface area contributed by atoms with Crippen LogP contribution in [0.2, 0.25) is 0 Å².